The second kappa shape index (κ2) is 15.0. The molecule has 1 N–H and O–H groups in total. The van der Waals surface area contributed by atoms with E-state index in [1.54, 1.807) is 6.08 Å². The number of ether oxygens (including phenoxy) is 4. The highest BCUT2D eigenvalue weighted by Gasteiger charge is 2.57. The maximum Gasteiger partial charge on any atom is 0.326 e. The lowest BCUT2D eigenvalue weighted by Crippen LogP contribution is -2.54. The summed E-state index contributed by atoms with van der Waals surface area (Å²) >= 11 is 0. The first-order valence-corrected chi connectivity index (χ1v) is 22.2. The third-order valence-electron chi connectivity index (χ3n) is 8.87. The van der Waals surface area contributed by atoms with Crippen LogP contribution in [0.15, 0.2) is 60.3 Å². The lowest BCUT2D eigenvalue weighted by Gasteiger charge is -2.36. The van der Waals surface area contributed by atoms with Crippen molar-refractivity contribution in [3.8, 4) is 0 Å². The van der Waals surface area contributed by atoms with E-state index in [1.165, 1.54) is 11.1 Å². The first-order chi connectivity index (χ1) is 25.0. The Balaban J connectivity index is 1.06. The summed E-state index contributed by atoms with van der Waals surface area (Å²) in [6.45, 7) is -0.364. The van der Waals surface area contributed by atoms with E-state index in [-0.39, 0.29) is 5.92 Å². The molecule has 1 aliphatic carbocycles. The molecule has 0 radical (unpaired) electrons. The van der Waals surface area contributed by atoms with Crippen LogP contribution in [-0.2, 0) is 59.2 Å². The molecule has 290 valence electrons. The molecule has 24 heteroatoms. The summed E-state index contributed by atoms with van der Waals surface area (Å²) in [4.78, 5) is 62.6. The van der Waals surface area contributed by atoms with Crippen molar-refractivity contribution in [3.05, 3.63) is 65.9 Å². The highest BCUT2D eigenvalue weighted by atomic mass is 31.3. The smallest absolute Gasteiger partial charge is 0.326 e. The number of hydrogen-bond donors (Lipinski definition) is 1. The Morgan fingerprint density at radius 2 is 1.47 bits per heavy atom. The summed E-state index contributed by atoms with van der Waals surface area (Å²) in [6.07, 6.45) is 0.742. The van der Waals surface area contributed by atoms with E-state index in [9.17, 15) is 42.6 Å². The minimum atomic E-state index is -6.39. The number of rotatable bonds is 14. The zero-order valence-electron chi connectivity index (χ0n) is 27.6. The van der Waals surface area contributed by atoms with Crippen molar-refractivity contribution in [2.45, 2.75) is 69.7 Å². The monoisotopic (exact) mass is 820 g/mol. The molecule has 5 aliphatic rings. The molecule has 53 heavy (non-hydrogen) atoms. The molecule has 2 aromatic carbocycles. The van der Waals surface area contributed by atoms with E-state index in [0.29, 0.717) is 11.3 Å². The van der Waals surface area contributed by atoms with Crippen molar-refractivity contribution in [2.75, 3.05) is 13.2 Å². The van der Waals surface area contributed by atoms with Crippen molar-refractivity contribution < 1.29 is 83.6 Å². The number of carbonyl (C=O) groups is 1. The summed E-state index contributed by atoms with van der Waals surface area (Å²) in [6, 6.07) is 13.0. The van der Waals surface area contributed by atoms with Gasteiger partial charge in [-0.1, -0.05) is 49.2 Å². The lowest BCUT2D eigenvalue weighted by atomic mass is 10.1. The van der Waals surface area contributed by atoms with E-state index < -0.39 is 87.6 Å². The molecule has 0 aromatic heterocycles. The molecule has 7 rings (SSSR count). The summed E-state index contributed by atoms with van der Waals surface area (Å²) in [5.74, 6) is 0.514. The van der Waals surface area contributed by atoms with Crippen molar-refractivity contribution in [1.82, 2.24) is 10.2 Å². The standard InChI is InChI=1S/C29H36N2O18P4/c1-2-41-50(33,34)47-52(37,38)49-53(39,40)48-51(35,36)42-16-23-24-25(46-28(45-24)18-8-4-5-9-18)27(44-23)31-15-21-14-22(43-26(21)30-29(31)32)20-12-11-17-7-3-6-10-19(17)13-20/h3,6-7,10-15,18,23-28H,2,4-5,8-9,16H2,1H3,(H,30,32)(H,33,34)(H,35,36)(H,37,38)(H,39,40)/p-4/t23-,24?,25+,26?,27-,28?/m1/s1. The summed E-state index contributed by atoms with van der Waals surface area (Å²) in [5, 5.41) is 4.79. The van der Waals surface area contributed by atoms with E-state index in [4.69, 9.17) is 23.5 Å². The fourth-order valence-corrected chi connectivity index (χ4v) is 11.4. The van der Waals surface area contributed by atoms with Crippen LogP contribution >= 0.6 is 31.3 Å². The van der Waals surface area contributed by atoms with Crippen molar-refractivity contribution in [2.24, 2.45) is 5.92 Å². The molecular formula is C29H32N2O18P4-4. The number of phosphoric acid groups is 4. The Morgan fingerprint density at radius 3 is 2.17 bits per heavy atom. The first-order valence-electron chi connectivity index (χ1n) is 16.3. The zero-order chi connectivity index (χ0) is 37.8. The number of amides is 2. The summed E-state index contributed by atoms with van der Waals surface area (Å²) in [7, 11) is -24.2. The Labute approximate surface area is 302 Å². The van der Waals surface area contributed by atoms with Gasteiger partial charge in [-0.2, -0.15) is 0 Å². The molecular weight excluding hydrogens is 788 g/mol. The predicted molar refractivity (Wildman–Crippen MR) is 171 cm³/mol. The van der Waals surface area contributed by atoms with Gasteiger partial charge in [0, 0.05) is 23.3 Å². The molecule has 20 nitrogen and oxygen atoms in total. The molecule has 2 amide bonds. The van der Waals surface area contributed by atoms with Gasteiger partial charge in [0.2, 0.25) is 6.23 Å². The quantitative estimate of drug-likeness (QED) is 0.268. The van der Waals surface area contributed by atoms with Crippen molar-refractivity contribution in [3.63, 3.8) is 0 Å². The average molecular weight is 820 g/mol. The largest absolute Gasteiger partial charge is 0.756 e. The number of nitrogens with one attached hydrogen (secondary N) is 1. The van der Waals surface area contributed by atoms with E-state index >= 15 is 0 Å². The maximum absolute atomic E-state index is 13.4. The number of phosphoric ester groups is 2. The van der Waals surface area contributed by atoms with E-state index in [0.717, 1.165) is 48.9 Å². The summed E-state index contributed by atoms with van der Waals surface area (Å²) < 4.78 is 92.2. The number of urea groups is 1. The lowest BCUT2D eigenvalue weighted by molar-refractivity contribution is -0.254. The third-order valence-corrected chi connectivity index (χ3v) is 14.7. The van der Waals surface area contributed by atoms with Gasteiger partial charge >= 0.3 is 6.03 Å². The zero-order valence-corrected chi connectivity index (χ0v) is 31.1. The van der Waals surface area contributed by atoms with Gasteiger partial charge in [0.1, 0.15) is 24.1 Å². The van der Waals surface area contributed by atoms with E-state index in [1.807, 2.05) is 42.5 Å². The van der Waals surface area contributed by atoms with Crippen LogP contribution in [0, 0.1) is 5.92 Å². The molecule has 1 saturated carbocycles. The normalized spacial score (nSPS) is 31.7. The molecule has 2 saturated heterocycles. The van der Waals surface area contributed by atoms with Crippen LogP contribution in [-0.4, -0.2) is 61.2 Å². The van der Waals surface area contributed by atoms with Crippen LogP contribution in [0.4, 0.5) is 4.79 Å². The second-order valence-electron chi connectivity index (χ2n) is 12.5. The Kier molecular flexibility index (Phi) is 11.0. The Bertz CT molecular complexity index is 2010. The van der Waals surface area contributed by atoms with Crippen LogP contribution in [0.5, 0.6) is 0 Å². The molecule has 4 heterocycles. The number of benzene rings is 2. The topological polar surface area (TPSA) is 276 Å². The number of hydrogen-bond acceptors (Lipinski definition) is 18. The van der Waals surface area contributed by atoms with Crippen LogP contribution in [0.2, 0.25) is 0 Å². The van der Waals surface area contributed by atoms with Gasteiger partial charge in [-0.25, -0.2) is 17.7 Å². The maximum atomic E-state index is 13.4. The van der Waals surface area contributed by atoms with Crippen LogP contribution in [0.1, 0.15) is 38.2 Å². The number of fused-ring (bicyclic) bond motifs is 3. The minimum absolute atomic E-state index is 0.00556. The highest BCUT2D eigenvalue weighted by Crippen LogP contribution is 2.66. The van der Waals surface area contributed by atoms with Gasteiger partial charge in [-0.05, 0) is 42.7 Å². The van der Waals surface area contributed by atoms with Crippen molar-refractivity contribution in [1.29, 1.82) is 0 Å². The van der Waals surface area contributed by atoms with Gasteiger partial charge < -0.3 is 47.6 Å². The van der Waals surface area contributed by atoms with Gasteiger partial charge in [-0.3, -0.25) is 28.5 Å². The van der Waals surface area contributed by atoms with Gasteiger partial charge in [-0.15, -0.1) is 0 Å². The molecule has 2 aromatic rings. The molecule has 7 unspecified atom stereocenters. The minimum Gasteiger partial charge on any atom is -0.756 e. The van der Waals surface area contributed by atoms with Crippen LogP contribution in [0.25, 0.3) is 16.5 Å². The van der Waals surface area contributed by atoms with Gasteiger partial charge in [0.25, 0.3) is 31.3 Å². The predicted octanol–water partition coefficient (Wildman–Crippen LogP) is 2.45. The first kappa shape index (κ1) is 38.9. The fraction of sp³-hybridized carbons (Fsp3) is 0.483. The highest BCUT2D eigenvalue weighted by molar-refractivity contribution is 7.68. The fourth-order valence-electron chi connectivity index (χ4n) is 6.70. The Hall–Kier alpha value is -2.31. The van der Waals surface area contributed by atoms with Crippen LogP contribution in [0.3, 0.4) is 0 Å². The second-order valence-corrected chi connectivity index (χ2v) is 18.5. The molecule has 0 bridgehead atoms. The van der Waals surface area contributed by atoms with Crippen molar-refractivity contribution >= 4 is 53.9 Å². The molecule has 3 fully saturated rings. The molecule has 10 atom stereocenters. The van der Waals surface area contributed by atoms with Crippen LogP contribution < -0.4 is 24.9 Å². The third kappa shape index (κ3) is 8.90. The molecule has 0 spiro atoms. The van der Waals surface area contributed by atoms with E-state index in [2.05, 4.69) is 22.8 Å². The van der Waals surface area contributed by atoms with Gasteiger partial charge in [0.15, 0.2) is 12.5 Å². The Morgan fingerprint density at radius 1 is 0.830 bits per heavy atom. The summed E-state index contributed by atoms with van der Waals surface area (Å²) in [5.41, 5.74) is 1.34. The molecule has 4 aliphatic heterocycles. The number of nitrogens with zero attached hydrogens (tertiary/aromatic N) is 1. The average Bonchev–Trinajstić information content (AvgIpc) is 3.86. The van der Waals surface area contributed by atoms with Gasteiger partial charge in [0.05, 0.1) is 13.2 Å². The number of carbonyl (C=O) groups excluding carboxylic acids is 1. The SMILES string of the molecule is CCOP(=O)([O-])OP(=O)([O-])OP(=O)([O-])OP(=O)([O-])OC[C@H]1O[C@@H](N2C=C3C=C(c4ccc5ccccc5c4)OC3NC2=O)[C@H]2OC(C3CCCC3)OC12.